The third kappa shape index (κ3) is 3.35. The summed E-state index contributed by atoms with van der Waals surface area (Å²) in [6.07, 6.45) is 0. The van der Waals surface area contributed by atoms with Gasteiger partial charge in [-0.3, -0.25) is 4.79 Å². The van der Waals surface area contributed by atoms with Gasteiger partial charge in [-0.05, 0) is 17.7 Å². The molecule has 5 heteroatoms. The summed E-state index contributed by atoms with van der Waals surface area (Å²) < 4.78 is 13.3. The molecule has 0 aliphatic heterocycles. The van der Waals surface area contributed by atoms with Crippen LogP contribution < -0.4 is 11.1 Å². The van der Waals surface area contributed by atoms with Crippen molar-refractivity contribution in [1.29, 1.82) is 0 Å². The Labute approximate surface area is 121 Å². The van der Waals surface area contributed by atoms with E-state index in [1.54, 1.807) is 0 Å². The standard InChI is InChI=1S/C15H14ClFN2O/c16-14-11(7-4-8-12(14)17)15(20)19-9-13(18)10-5-2-1-3-6-10/h1-8,13H,9,18H2,(H,19,20). The average Bonchev–Trinajstić information content (AvgIpc) is 2.48. The molecule has 20 heavy (non-hydrogen) atoms. The monoisotopic (exact) mass is 292 g/mol. The zero-order valence-electron chi connectivity index (χ0n) is 10.6. The van der Waals surface area contributed by atoms with Crippen LogP contribution in [0.15, 0.2) is 48.5 Å². The van der Waals surface area contributed by atoms with E-state index in [0.29, 0.717) is 0 Å². The van der Waals surface area contributed by atoms with Crippen molar-refractivity contribution in [2.45, 2.75) is 6.04 Å². The van der Waals surface area contributed by atoms with Gasteiger partial charge in [-0.25, -0.2) is 4.39 Å². The van der Waals surface area contributed by atoms with E-state index in [9.17, 15) is 9.18 Å². The summed E-state index contributed by atoms with van der Waals surface area (Å²) in [5.74, 6) is -1.06. The Morgan fingerprint density at radius 2 is 1.90 bits per heavy atom. The van der Waals surface area contributed by atoms with Gasteiger partial charge in [0.1, 0.15) is 5.82 Å². The van der Waals surface area contributed by atoms with Crippen LogP contribution in [0.1, 0.15) is 22.0 Å². The molecule has 2 rings (SSSR count). The van der Waals surface area contributed by atoms with Crippen molar-refractivity contribution in [3.05, 3.63) is 70.5 Å². The highest BCUT2D eigenvalue weighted by Crippen LogP contribution is 2.19. The highest BCUT2D eigenvalue weighted by molar-refractivity contribution is 6.34. The molecular weight excluding hydrogens is 279 g/mol. The Morgan fingerprint density at radius 1 is 1.20 bits per heavy atom. The van der Waals surface area contributed by atoms with E-state index in [-0.39, 0.29) is 23.2 Å². The number of amides is 1. The van der Waals surface area contributed by atoms with E-state index in [2.05, 4.69) is 5.32 Å². The molecule has 0 heterocycles. The Morgan fingerprint density at radius 3 is 2.60 bits per heavy atom. The van der Waals surface area contributed by atoms with Crippen molar-refractivity contribution >= 4 is 17.5 Å². The van der Waals surface area contributed by atoms with Gasteiger partial charge in [0, 0.05) is 12.6 Å². The molecule has 1 unspecified atom stereocenters. The Hall–Kier alpha value is -1.91. The molecule has 0 spiro atoms. The molecule has 3 N–H and O–H groups in total. The topological polar surface area (TPSA) is 55.1 Å². The number of rotatable bonds is 4. The fraction of sp³-hybridized carbons (Fsp3) is 0.133. The maximum absolute atomic E-state index is 13.3. The second kappa shape index (κ2) is 6.50. The van der Waals surface area contributed by atoms with Crippen LogP contribution >= 0.6 is 11.6 Å². The fourth-order valence-corrected chi connectivity index (χ4v) is 2.01. The normalized spacial score (nSPS) is 11.9. The summed E-state index contributed by atoms with van der Waals surface area (Å²) >= 11 is 5.75. The van der Waals surface area contributed by atoms with E-state index in [1.165, 1.54) is 18.2 Å². The van der Waals surface area contributed by atoms with Gasteiger partial charge in [0.25, 0.3) is 5.91 Å². The minimum Gasteiger partial charge on any atom is -0.350 e. The number of carbonyl (C=O) groups excluding carboxylic acids is 1. The van der Waals surface area contributed by atoms with Gasteiger partial charge in [-0.15, -0.1) is 0 Å². The number of nitrogens with one attached hydrogen (secondary N) is 1. The number of nitrogens with two attached hydrogens (primary N) is 1. The molecule has 0 aliphatic carbocycles. The van der Waals surface area contributed by atoms with E-state index in [4.69, 9.17) is 17.3 Å². The summed E-state index contributed by atoms with van der Waals surface area (Å²) in [5, 5.41) is 2.47. The molecule has 0 bridgehead atoms. The van der Waals surface area contributed by atoms with E-state index in [0.717, 1.165) is 5.56 Å². The summed E-state index contributed by atoms with van der Waals surface area (Å²) in [5.41, 5.74) is 6.99. The zero-order chi connectivity index (χ0) is 14.5. The molecule has 1 atom stereocenters. The largest absolute Gasteiger partial charge is 0.350 e. The first-order chi connectivity index (χ1) is 9.59. The molecule has 0 saturated carbocycles. The summed E-state index contributed by atoms with van der Waals surface area (Å²) in [7, 11) is 0. The van der Waals surface area contributed by atoms with Gasteiger partial charge >= 0.3 is 0 Å². The predicted molar refractivity (Wildman–Crippen MR) is 77.1 cm³/mol. The van der Waals surface area contributed by atoms with Crippen LogP contribution in [0.5, 0.6) is 0 Å². The SMILES string of the molecule is NC(CNC(=O)c1cccc(F)c1Cl)c1ccccc1. The molecule has 0 radical (unpaired) electrons. The Kier molecular flexibility index (Phi) is 4.71. The van der Waals surface area contributed by atoms with Crippen LogP contribution in [-0.4, -0.2) is 12.5 Å². The molecule has 104 valence electrons. The minimum atomic E-state index is -0.619. The van der Waals surface area contributed by atoms with Crippen LogP contribution in [0, 0.1) is 5.82 Å². The van der Waals surface area contributed by atoms with Crippen molar-refractivity contribution < 1.29 is 9.18 Å². The van der Waals surface area contributed by atoms with Gasteiger partial charge in [0.2, 0.25) is 0 Å². The molecule has 0 aromatic heterocycles. The highest BCUT2D eigenvalue weighted by atomic mass is 35.5. The van der Waals surface area contributed by atoms with Crippen LogP contribution in [0.2, 0.25) is 5.02 Å². The number of hydrogen-bond acceptors (Lipinski definition) is 2. The first-order valence-corrected chi connectivity index (χ1v) is 6.50. The van der Waals surface area contributed by atoms with Gasteiger partial charge in [0.05, 0.1) is 10.6 Å². The Bertz CT molecular complexity index is 604. The quantitative estimate of drug-likeness (QED) is 0.910. The lowest BCUT2D eigenvalue weighted by Gasteiger charge is -2.13. The number of hydrogen-bond donors (Lipinski definition) is 2. The molecule has 3 nitrogen and oxygen atoms in total. The molecule has 1 amide bonds. The Balaban J connectivity index is 2.01. The average molecular weight is 293 g/mol. The minimum absolute atomic E-state index is 0.104. The lowest BCUT2D eigenvalue weighted by Crippen LogP contribution is -2.32. The van der Waals surface area contributed by atoms with Gasteiger partial charge < -0.3 is 11.1 Å². The van der Waals surface area contributed by atoms with Gasteiger partial charge in [-0.2, -0.15) is 0 Å². The smallest absolute Gasteiger partial charge is 0.252 e. The van der Waals surface area contributed by atoms with Crippen molar-refractivity contribution in [2.75, 3.05) is 6.54 Å². The summed E-state index contributed by atoms with van der Waals surface area (Å²) in [4.78, 5) is 11.9. The highest BCUT2D eigenvalue weighted by Gasteiger charge is 2.14. The van der Waals surface area contributed by atoms with Crippen molar-refractivity contribution in [3.63, 3.8) is 0 Å². The second-order valence-corrected chi connectivity index (χ2v) is 4.71. The maximum atomic E-state index is 13.3. The van der Waals surface area contributed by atoms with Gasteiger partial charge in [-0.1, -0.05) is 48.0 Å². The van der Waals surface area contributed by atoms with Crippen molar-refractivity contribution in [2.24, 2.45) is 5.73 Å². The third-order valence-electron chi connectivity index (χ3n) is 2.91. The molecule has 0 aliphatic rings. The van der Waals surface area contributed by atoms with Crippen LogP contribution in [0.3, 0.4) is 0 Å². The predicted octanol–water partition coefficient (Wildman–Crippen LogP) is 2.91. The van der Waals surface area contributed by atoms with E-state index < -0.39 is 11.7 Å². The molecule has 2 aromatic rings. The number of halogens is 2. The molecule has 0 saturated heterocycles. The van der Waals surface area contributed by atoms with Crippen molar-refractivity contribution in [3.8, 4) is 0 Å². The number of carbonyl (C=O) groups is 1. The lowest BCUT2D eigenvalue weighted by atomic mass is 10.1. The molecule has 2 aromatic carbocycles. The van der Waals surface area contributed by atoms with E-state index in [1.807, 2.05) is 30.3 Å². The first kappa shape index (κ1) is 14.5. The molecular formula is C15H14ClFN2O. The molecule has 0 fully saturated rings. The van der Waals surface area contributed by atoms with Crippen LogP contribution in [-0.2, 0) is 0 Å². The van der Waals surface area contributed by atoms with E-state index >= 15 is 0 Å². The van der Waals surface area contributed by atoms with Crippen LogP contribution in [0.4, 0.5) is 4.39 Å². The van der Waals surface area contributed by atoms with Crippen molar-refractivity contribution in [1.82, 2.24) is 5.32 Å². The second-order valence-electron chi connectivity index (χ2n) is 4.33. The fourth-order valence-electron chi connectivity index (χ4n) is 1.80. The number of benzene rings is 2. The van der Waals surface area contributed by atoms with Crippen LogP contribution in [0.25, 0.3) is 0 Å². The van der Waals surface area contributed by atoms with Gasteiger partial charge in [0.15, 0.2) is 0 Å². The summed E-state index contributed by atoms with van der Waals surface area (Å²) in [6.45, 7) is 0.246. The summed E-state index contributed by atoms with van der Waals surface area (Å²) in [6, 6.07) is 13.2. The first-order valence-electron chi connectivity index (χ1n) is 6.12. The lowest BCUT2D eigenvalue weighted by molar-refractivity contribution is 0.0951. The third-order valence-corrected chi connectivity index (χ3v) is 3.29. The maximum Gasteiger partial charge on any atom is 0.252 e. The zero-order valence-corrected chi connectivity index (χ0v) is 11.4.